The van der Waals surface area contributed by atoms with Gasteiger partial charge in [-0.15, -0.1) is 0 Å². The van der Waals surface area contributed by atoms with E-state index in [0.29, 0.717) is 22.4 Å². The summed E-state index contributed by atoms with van der Waals surface area (Å²) < 4.78 is 6.29. The van der Waals surface area contributed by atoms with Gasteiger partial charge in [0, 0.05) is 11.8 Å². The van der Waals surface area contributed by atoms with Crippen molar-refractivity contribution in [2.75, 3.05) is 12.4 Å². The number of hydrogen-bond acceptors (Lipinski definition) is 4. The highest BCUT2D eigenvalue weighted by Gasteiger charge is 2.19. The molecule has 1 amide bonds. The quantitative estimate of drug-likeness (QED) is 0.908. The van der Waals surface area contributed by atoms with Gasteiger partial charge in [0.1, 0.15) is 12.3 Å². The predicted molar refractivity (Wildman–Crippen MR) is 96.3 cm³/mol. The van der Waals surface area contributed by atoms with Crippen molar-refractivity contribution in [2.45, 2.75) is 32.7 Å². The van der Waals surface area contributed by atoms with Gasteiger partial charge in [-0.2, -0.15) is 5.10 Å². The van der Waals surface area contributed by atoms with Crippen LogP contribution in [-0.4, -0.2) is 22.8 Å². The van der Waals surface area contributed by atoms with Crippen LogP contribution in [0.25, 0.3) is 0 Å². The molecule has 1 aromatic carbocycles. The van der Waals surface area contributed by atoms with Crippen molar-refractivity contribution < 1.29 is 9.53 Å². The Labute approximate surface area is 150 Å². The molecule has 1 N–H and O–H groups in total. The first-order chi connectivity index (χ1) is 12.0. The summed E-state index contributed by atoms with van der Waals surface area (Å²) in [5.41, 5.74) is 2.20. The Hall–Kier alpha value is -2.34. The van der Waals surface area contributed by atoms with E-state index in [2.05, 4.69) is 17.3 Å². The van der Waals surface area contributed by atoms with Crippen molar-refractivity contribution in [3.63, 3.8) is 0 Å². The van der Waals surface area contributed by atoms with Gasteiger partial charge in [-0.1, -0.05) is 18.5 Å². The normalized spacial score (nSPS) is 16.2. The first kappa shape index (κ1) is 17.5. The SMILES string of the molecule is COc1ccc(NC(=O)Cn2nc3c(cc2=O)C[C@@H](C)CC3)cc1Cl. The van der Waals surface area contributed by atoms with E-state index in [4.69, 9.17) is 16.3 Å². The van der Waals surface area contributed by atoms with Gasteiger partial charge in [-0.3, -0.25) is 9.59 Å². The number of hydrogen-bond donors (Lipinski definition) is 1. The molecule has 0 saturated heterocycles. The van der Waals surface area contributed by atoms with Crippen molar-refractivity contribution in [2.24, 2.45) is 5.92 Å². The first-order valence-electron chi connectivity index (χ1n) is 8.19. The number of nitrogens with one attached hydrogen (secondary N) is 1. The summed E-state index contributed by atoms with van der Waals surface area (Å²) in [5, 5.41) is 7.49. The minimum atomic E-state index is -0.333. The molecule has 0 unspecified atom stereocenters. The highest BCUT2D eigenvalue weighted by Crippen LogP contribution is 2.27. The largest absolute Gasteiger partial charge is 0.495 e. The van der Waals surface area contributed by atoms with Crippen LogP contribution in [0, 0.1) is 5.92 Å². The van der Waals surface area contributed by atoms with Crippen LogP contribution in [0.2, 0.25) is 5.02 Å². The zero-order chi connectivity index (χ0) is 18.0. The summed E-state index contributed by atoms with van der Waals surface area (Å²) in [6.07, 6.45) is 2.76. The highest BCUT2D eigenvalue weighted by atomic mass is 35.5. The minimum absolute atomic E-state index is 0.134. The number of carbonyl (C=O) groups excluding carboxylic acids is 1. The fraction of sp³-hybridized carbons (Fsp3) is 0.389. The summed E-state index contributed by atoms with van der Waals surface area (Å²) in [7, 11) is 1.52. The average Bonchev–Trinajstić information content (AvgIpc) is 2.56. The summed E-state index contributed by atoms with van der Waals surface area (Å²) in [5.74, 6) is 0.758. The lowest BCUT2D eigenvalue weighted by atomic mass is 9.88. The summed E-state index contributed by atoms with van der Waals surface area (Å²) in [4.78, 5) is 24.4. The van der Waals surface area contributed by atoms with Crippen LogP contribution in [0.3, 0.4) is 0 Å². The summed E-state index contributed by atoms with van der Waals surface area (Å²) >= 11 is 6.05. The molecular formula is C18H20ClN3O3. The van der Waals surface area contributed by atoms with Crippen LogP contribution in [0.4, 0.5) is 5.69 Å². The average molecular weight is 362 g/mol. The maximum atomic E-state index is 12.2. The molecule has 0 bridgehead atoms. The monoisotopic (exact) mass is 361 g/mol. The van der Waals surface area contributed by atoms with Gasteiger partial charge in [0.25, 0.3) is 5.56 Å². The Kier molecular flexibility index (Phi) is 5.08. The molecule has 132 valence electrons. The van der Waals surface area contributed by atoms with E-state index in [1.807, 2.05) is 0 Å². The standard InChI is InChI=1S/C18H20ClN3O3/c1-11-3-5-15-12(7-11)8-18(24)22(21-15)10-17(23)20-13-4-6-16(25-2)14(19)9-13/h4,6,8-9,11H,3,5,7,10H2,1-2H3,(H,20,23)/t11-/m0/s1. The number of fused-ring (bicyclic) bond motifs is 1. The Bertz CT molecular complexity index is 863. The van der Waals surface area contributed by atoms with Gasteiger partial charge >= 0.3 is 0 Å². The van der Waals surface area contributed by atoms with Crippen LogP contribution in [0.1, 0.15) is 24.6 Å². The van der Waals surface area contributed by atoms with Crippen molar-refractivity contribution in [1.29, 1.82) is 0 Å². The molecule has 3 rings (SSSR count). The molecule has 0 fully saturated rings. The zero-order valence-corrected chi connectivity index (χ0v) is 15.0. The molecule has 1 atom stereocenters. The minimum Gasteiger partial charge on any atom is -0.495 e. The molecule has 25 heavy (non-hydrogen) atoms. The van der Waals surface area contributed by atoms with Gasteiger partial charge in [0.05, 0.1) is 17.8 Å². The molecule has 1 heterocycles. The fourth-order valence-corrected chi connectivity index (χ4v) is 3.27. The van der Waals surface area contributed by atoms with E-state index in [1.54, 1.807) is 24.3 Å². The van der Waals surface area contributed by atoms with Crippen LogP contribution < -0.4 is 15.6 Å². The summed E-state index contributed by atoms with van der Waals surface area (Å²) in [6.45, 7) is 2.03. The third kappa shape index (κ3) is 4.02. The number of rotatable bonds is 4. The number of anilines is 1. The van der Waals surface area contributed by atoms with E-state index in [-0.39, 0.29) is 18.0 Å². The molecule has 2 aromatic rings. The number of benzene rings is 1. The Morgan fingerprint density at radius 2 is 2.24 bits per heavy atom. The third-order valence-electron chi connectivity index (χ3n) is 4.34. The molecular weight excluding hydrogens is 342 g/mol. The number of halogens is 1. The lowest BCUT2D eigenvalue weighted by molar-refractivity contribution is -0.117. The Morgan fingerprint density at radius 1 is 1.44 bits per heavy atom. The first-order valence-corrected chi connectivity index (χ1v) is 8.57. The smallest absolute Gasteiger partial charge is 0.267 e. The van der Waals surface area contributed by atoms with Crippen molar-refractivity contribution in [1.82, 2.24) is 9.78 Å². The third-order valence-corrected chi connectivity index (χ3v) is 4.63. The number of carbonyl (C=O) groups is 1. The van der Waals surface area contributed by atoms with E-state index in [9.17, 15) is 9.59 Å². The molecule has 6 nitrogen and oxygen atoms in total. The topological polar surface area (TPSA) is 73.2 Å². The summed E-state index contributed by atoms with van der Waals surface area (Å²) in [6, 6.07) is 6.56. The number of aromatic nitrogens is 2. The Morgan fingerprint density at radius 3 is 2.96 bits per heavy atom. The zero-order valence-electron chi connectivity index (χ0n) is 14.2. The number of amides is 1. The second-order valence-corrected chi connectivity index (χ2v) is 6.76. The van der Waals surface area contributed by atoms with E-state index in [1.165, 1.54) is 11.8 Å². The molecule has 0 spiro atoms. The lowest BCUT2D eigenvalue weighted by Crippen LogP contribution is -2.32. The molecule has 1 aliphatic rings. The maximum Gasteiger partial charge on any atom is 0.267 e. The van der Waals surface area contributed by atoms with E-state index < -0.39 is 0 Å². The number of ether oxygens (including phenoxy) is 1. The van der Waals surface area contributed by atoms with E-state index >= 15 is 0 Å². The Balaban J connectivity index is 1.73. The second kappa shape index (κ2) is 7.27. The van der Waals surface area contributed by atoms with Crippen LogP contribution in [-0.2, 0) is 24.2 Å². The van der Waals surface area contributed by atoms with Gasteiger partial charge in [-0.05, 0) is 48.9 Å². The van der Waals surface area contributed by atoms with Gasteiger partial charge < -0.3 is 10.1 Å². The van der Waals surface area contributed by atoms with Gasteiger partial charge in [0.2, 0.25) is 5.91 Å². The lowest BCUT2D eigenvalue weighted by Gasteiger charge is -2.20. The highest BCUT2D eigenvalue weighted by molar-refractivity contribution is 6.32. The van der Waals surface area contributed by atoms with Crippen molar-refractivity contribution in [3.8, 4) is 5.75 Å². The van der Waals surface area contributed by atoms with Crippen molar-refractivity contribution in [3.05, 3.63) is 50.9 Å². The van der Waals surface area contributed by atoms with Gasteiger partial charge in [-0.25, -0.2) is 4.68 Å². The fourth-order valence-electron chi connectivity index (χ4n) is 3.01. The van der Waals surface area contributed by atoms with E-state index in [0.717, 1.165) is 30.5 Å². The van der Waals surface area contributed by atoms with Crippen LogP contribution in [0.15, 0.2) is 29.1 Å². The maximum absolute atomic E-state index is 12.2. The van der Waals surface area contributed by atoms with Crippen molar-refractivity contribution >= 4 is 23.2 Å². The predicted octanol–water partition coefficient (Wildman–Crippen LogP) is 2.67. The molecule has 0 radical (unpaired) electrons. The molecule has 1 aliphatic carbocycles. The number of nitrogens with zero attached hydrogens (tertiary/aromatic N) is 2. The molecule has 0 aliphatic heterocycles. The second-order valence-electron chi connectivity index (χ2n) is 6.36. The van der Waals surface area contributed by atoms with Crippen LogP contribution >= 0.6 is 11.6 Å². The number of aryl methyl sites for hydroxylation is 1. The molecule has 1 aromatic heterocycles. The molecule has 0 saturated carbocycles. The number of methoxy groups -OCH3 is 1. The molecule has 7 heteroatoms. The van der Waals surface area contributed by atoms with Gasteiger partial charge in [0.15, 0.2) is 0 Å². The van der Waals surface area contributed by atoms with Crippen LogP contribution in [0.5, 0.6) is 5.75 Å².